The fourth-order valence-electron chi connectivity index (χ4n) is 2.29. The predicted octanol–water partition coefficient (Wildman–Crippen LogP) is 4.06. The number of rotatable bonds is 5. The van der Waals surface area contributed by atoms with E-state index in [0.717, 1.165) is 17.3 Å². The van der Waals surface area contributed by atoms with E-state index in [0.29, 0.717) is 24.5 Å². The van der Waals surface area contributed by atoms with Gasteiger partial charge in [-0.05, 0) is 40.8 Å². The van der Waals surface area contributed by atoms with Gasteiger partial charge in [0.1, 0.15) is 0 Å². The zero-order valence-electron chi connectivity index (χ0n) is 14.1. The van der Waals surface area contributed by atoms with Crippen molar-refractivity contribution in [2.75, 3.05) is 20.3 Å². The van der Waals surface area contributed by atoms with Gasteiger partial charge in [-0.15, -0.1) is 0 Å². The minimum atomic E-state index is -0.212. The Bertz CT molecular complexity index is 614. The van der Waals surface area contributed by atoms with Crippen molar-refractivity contribution in [2.24, 2.45) is 0 Å². The van der Waals surface area contributed by atoms with Crippen molar-refractivity contribution < 1.29 is 14.3 Å². The third-order valence-electron chi connectivity index (χ3n) is 3.68. The Morgan fingerprint density at radius 3 is 2.39 bits per heavy atom. The van der Waals surface area contributed by atoms with E-state index in [1.54, 1.807) is 13.2 Å². The molecule has 1 aliphatic heterocycles. The van der Waals surface area contributed by atoms with Crippen molar-refractivity contribution in [1.82, 2.24) is 4.90 Å². The van der Waals surface area contributed by atoms with Crippen LogP contribution in [-0.2, 0) is 14.9 Å². The first-order valence-corrected chi connectivity index (χ1v) is 8.49. The van der Waals surface area contributed by atoms with E-state index in [1.807, 2.05) is 12.1 Å². The Balaban J connectivity index is 2.11. The van der Waals surface area contributed by atoms with Crippen LogP contribution in [0.3, 0.4) is 0 Å². The van der Waals surface area contributed by atoms with E-state index >= 15 is 0 Å². The molecule has 1 aliphatic rings. The van der Waals surface area contributed by atoms with Crippen LogP contribution in [-0.4, -0.2) is 36.3 Å². The first-order valence-electron chi connectivity index (χ1n) is 7.68. The average Bonchev–Trinajstić information content (AvgIpc) is 2.74. The van der Waals surface area contributed by atoms with Crippen LogP contribution in [0.25, 0.3) is 6.08 Å². The van der Waals surface area contributed by atoms with Crippen molar-refractivity contribution in [3.63, 3.8) is 0 Å². The molecule has 4 nitrogen and oxygen atoms in total. The molecule has 1 aromatic carbocycles. The van der Waals surface area contributed by atoms with Gasteiger partial charge in [-0.3, -0.25) is 14.5 Å². The first-order chi connectivity index (χ1) is 10.8. The zero-order valence-corrected chi connectivity index (χ0v) is 14.9. The summed E-state index contributed by atoms with van der Waals surface area (Å²) in [6, 6.07) is 8.10. The van der Waals surface area contributed by atoms with Crippen LogP contribution >= 0.6 is 11.8 Å². The van der Waals surface area contributed by atoms with Gasteiger partial charge in [-0.2, -0.15) is 0 Å². The number of hydrogen-bond acceptors (Lipinski definition) is 4. The molecule has 124 valence electrons. The number of thioether (sulfide) groups is 1. The summed E-state index contributed by atoms with van der Waals surface area (Å²) < 4.78 is 4.96. The number of nitrogens with zero attached hydrogens (tertiary/aromatic N) is 1. The summed E-state index contributed by atoms with van der Waals surface area (Å²) in [5.74, 6) is -0.212. The van der Waals surface area contributed by atoms with Crippen LogP contribution in [0.2, 0.25) is 0 Å². The molecule has 5 heteroatoms. The highest BCUT2D eigenvalue weighted by atomic mass is 32.2. The molecule has 2 amide bonds. The smallest absolute Gasteiger partial charge is 0.293 e. The molecule has 1 heterocycles. The van der Waals surface area contributed by atoms with Crippen LogP contribution in [0, 0.1) is 0 Å². The molecule has 0 aromatic heterocycles. The Hall–Kier alpha value is -1.59. The van der Waals surface area contributed by atoms with Crippen LogP contribution in [0.4, 0.5) is 4.79 Å². The van der Waals surface area contributed by atoms with Gasteiger partial charge in [-0.25, -0.2) is 0 Å². The van der Waals surface area contributed by atoms with Crippen LogP contribution in [0.15, 0.2) is 29.2 Å². The maximum atomic E-state index is 12.3. The summed E-state index contributed by atoms with van der Waals surface area (Å²) in [6.07, 6.45) is 2.44. The SMILES string of the molecule is COCCCN1C(=O)S/C(=C/c2ccc(C(C)(C)C)cc2)C1=O. The highest BCUT2D eigenvalue weighted by molar-refractivity contribution is 8.18. The lowest BCUT2D eigenvalue weighted by Gasteiger charge is -2.18. The fourth-order valence-corrected chi connectivity index (χ4v) is 3.16. The van der Waals surface area contributed by atoms with Gasteiger partial charge in [-0.1, -0.05) is 45.0 Å². The standard InChI is InChI=1S/C18H23NO3S/c1-18(2,3)14-8-6-13(7-9-14)12-15-16(20)19(17(21)23-15)10-5-11-22-4/h6-9,12H,5,10-11H2,1-4H3/b15-12+. The van der Waals surface area contributed by atoms with Crippen molar-refractivity contribution in [3.8, 4) is 0 Å². The van der Waals surface area contributed by atoms with Crippen LogP contribution < -0.4 is 0 Å². The summed E-state index contributed by atoms with van der Waals surface area (Å²) >= 11 is 1.00. The first kappa shape index (κ1) is 17.8. The molecule has 0 N–H and O–H groups in total. The van der Waals surface area contributed by atoms with Crippen molar-refractivity contribution >= 4 is 29.0 Å². The van der Waals surface area contributed by atoms with E-state index in [4.69, 9.17) is 4.74 Å². The number of methoxy groups -OCH3 is 1. The minimum Gasteiger partial charge on any atom is -0.385 e. The number of hydrogen-bond donors (Lipinski definition) is 0. The van der Waals surface area contributed by atoms with E-state index in [-0.39, 0.29) is 16.6 Å². The number of imide groups is 1. The monoisotopic (exact) mass is 333 g/mol. The molecule has 0 spiro atoms. The second-order valence-corrected chi connectivity index (χ2v) is 7.54. The second-order valence-electron chi connectivity index (χ2n) is 6.55. The molecule has 0 saturated carbocycles. The molecule has 1 aromatic rings. The van der Waals surface area contributed by atoms with E-state index in [1.165, 1.54) is 10.5 Å². The van der Waals surface area contributed by atoms with Crippen molar-refractivity contribution in [3.05, 3.63) is 40.3 Å². The summed E-state index contributed by atoms with van der Waals surface area (Å²) in [5.41, 5.74) is 2.26. The topological polar surface area (TPSA) is 46.6 Å². The van der Waals surface area contributed by atoms with Crippen LogP contribution in [0.5, 0.6) is 0 Å². The number of carbonyl (C=O) groups is 2. The Kier molecular flexibility index (Phi) is 5.65. The lowest BCUT2D eigenvalue weighted by Crippen LogP contribution is -2.29. The molecule has 0 atom stereocenters. The molecule has 23 heavy (non-hydrogen) atoms. The number of carbonyl (C=O) groups excluding carboxylic acids is 2. The Morgan fingerprint density at radius 1 is 1.17 bits per heavy atom. The quantitative estimate of drug-likeness (QED) is 0.602. The van der Waals surface area contributed by atoms with Gasteiger partial charge in [0, 0.05) is 20.3 Å². The average molecular weight is 333 g/mol. The Labute approximate surface area is 141 Å². The highest BCUT2D eigenvalue weighted by Gasteiger charge is 2.34. The zero-order chi connectivity index (χ0) is 17.0. The minimum absolute atomic E-state index is 0.0950. The van der Waals surface area contributed by atoms with Crippen LogP contribution in [0.1, 0.15) is 38.3 Å². The van der Waals surface area contributed by atoms with E-state index in [9.17, 15) is 9.59 Å². The van der Waals surface area contributed by atoms with Crippen molar-refractivity contribution in [2.45, 2.75) is 32.6 Å². The molecule has 0 aliphatic carbocycles. The van der Waals surface area contributed by atoms with Gasteiger partial charge in [0.05, 0.1) is 4.91 Å². The fraction of sp³-hybridized carbons (Fsp3) is 0.444. The lowest BCUT2D eigenvalue weighted by atomic mass is 9.87. The summed E-state index contributed by atoms with van der Waals surface area (Å²) in [5, 5.41) is -0.205. The van der Waals surface area contributed by atoms with Gasteiger partial charge in [0.25, 0.3) is 11.1 Å². The van der Waals surface area contributed by atoms with Crippen molar-refractivity contribution in [1.29, 1.82) is 0 Å². The molecule has 0 unspecified atom stereocenters. The highest BCUT2D eigenvalue weighted by Crippen LogP contribution is 2.32. The summed E-state index contributed by atoms with van der Waals surface area (Å²) in [4.78, 5) is 26.0. The largest absolute Gasteiger partial charge is 0.385 e. The summed E-state index contributed by atoms with van der Waals surface area (Å²) in [7, 11) is 1.61. The maximum Gasteiger partial charge on any atom is 0.293 e. The molecule has 2 rings (SSSR count). The molecule has 1 fully saturated rings. The molecule has 0 bridgehead atoms. The maximum absolute atomic E-state index is 12.3. The van der Waals surface area contributed by atoms with E-state index in [2.05, 4.69) is 32.9 Å². The number of amides is 2. The normalized spacial score (nSPS) is 17.4. The second kappa shape index (κ2) is 7.32. The molecule has 0 radical (unpaired) electrons. The third kappa shape index (κ3) is 4.45. The Morgan fingerprint density at radius 2 is 1.83 bits per heavy atom. The van der Waals surface area contributed by atoms with Gasteiger partial charge in [0.15, 0.2) is 0 Å². The lowest BCUT2D eigenvalue weighted by molar-refractivity contribution is -0.122. The number of benzene rings is 1. The third-order valence-corrected chi connectivity index (χ3v) is 4.59. The van der Waals surface area contributed by atoms with Gasteiger partial charge < -0.3 is 4.74 Å². The molecular weight excluding hydrogens is 310 g/mol. The summed E-state index contributed by atoms with van der Waals surface area (Å²) in [6.45, 7) is 7.42. The van der Waals surface area contributed by atoms with Gasteiger partial charge in [0.2, 0.25) is 0 Å². The molecular formula is C18H23NO3S. The predicted molar refractivity (Wildman–Crippen MR) is 94.3 cm³/mol. The van der Waals surface area contributed by atoms with Gasteiger partial charge >= 0.3 is 0 Å². The molecule has 1 saturated heterocycles. The number of ether oxygens (including phenoxy) is 1. The van der Waals surface area contributed by atoms with E-state index < -0.39 is 0 Å².